The number of carbonyl (C=O) groups excluding carboxylic acids is 3. The number of nitrogens with one attached hydrogen (secondary N) is 3. The molecule has 0 aromatic heterocycles. The minimum Gasteiger partial charge on any atom is -0.338 e. The van der Waals surface area contributed by atoms with E-state index >= 15 is 0 Å². The summed E-state index contributed by atoms with van der Waals surface area (Å²) in [6.07, 6.45) is 2.22. The van der Waals surface area contributed by atoms with Gasteiger partial charge >= 0.3 is 6.03 Å². The maximum Gasteiger partial charge on any atom is 0.321 e. The molecule has 1 aliphatic heterocycles. The number of imide groups is 1. The zero-order chi connectivity index (χ0) is 18.1. The maximum absolute atomic E-state index is 12.3. The van der Waals surface area contributed by atoms with Crippen molar-refractivity contribution in [2.45, 2.75) is 26.2 Å². The summed E-state index contributed by atoms with van der Waals surface area (Å²) in [6, 6.07) is 8.94. The van der Waals surface area contributed by atoms with Crippen LogP contribution in [0.1, 0.15) is 26.2 Å². The monoisotopic (exact) mass is 346 g/mol. The van der Waals surface area contributed by atoms with Crippen molar-refractivity contribution < 1.29 is 14.4 Å². The maximum atomic E-state index is 12.3. The van der Waals surface area contributed by atoms with Crippen LogP contribution >= 0.6 is 0 Å². The van der Waals surface area contributed by atoms with Crippen LogP contribution in [0.4, 0.5) is 10.5 Å². The van der Waals surface area contributed by atoms with E-state index in [1.54, 1.807) is 0 Å². The van der Waals surface area contributed by atoms with Gasteiger partial charge in [-0.05, 0) is 44.5 Å². The Morgan fingerprint density at radius 3 is 2.44 bits per heavy atom. The molecule has 0 spiro atoms. The highest BCUT2D eigenvalue weighted by molar-refractivity contribution is 5.95. The summed E-state index contributed by atoms with van der Waals surface area (Å²) in [5.41, 5.74) is 0.799. The summed E-state index contributed by atoms with van der Waals surface area (Å²) in [6.45, 7) is 3.99. The number of amides is 4. The summed E-state index contributed by atoms with van der Waals surface area (Å²) in [5, 5.41) is 7.85. The fourth-order valence-electron chi connectivity index (χ4n) is 2.77. The average Bonchev–Trinajstić information content (AvgIpc) is 2.61. The van der Waals surface area contributed by atoms with Gasteiger partial charge in [0.25, 0.3) is 0 Å². The number of nitrogens with zero attached hydrogens (tertiary/aromatic N) is 1. The van der Waals surface area contributed by atoms with E-state index in [0.29, 0.717) is 32.5 Å². The van der Waals surface area contributed by atoms with Crippen molar-refractivity contribution in [2.75, 3.05) is 31.5 Å². The molecule has 0 unspecified atom stereocenters. The van der Waals surface area contributed by atoms with Crippen LogP contribution in [0.15, 0.2) is 30.3 Å². The van der Waals surface area contributed by atoms with Crippen molar-refractivity contribution >= 4 is 23.5 Å². The van der Waals surface area contributed by atoms with Crippen molar-refractivity contribution in [1.29, 1.82) is 0 Å². The van der Waals surface area contributed by atoms with Gasteiger partial charge in [0.2, 0.25) is 11.8 Å². The lowest BCUT2D eigenvalue weighted by Crippen LogP contribution is -2.47. The first-order valence-corrected chi connectivity index (χ1v) is 8.74. The highest BCUT2D eigenvalue weighted by atomic mass is 16.2. The van der Waals surface area contributed by atoms with E-state index in [4.69, 9.17) is 0 Å². The molecular formula is C18H26N4O3. The normalized spacial score (nSPS) is 15.4. The second-order valence-corrected chi connectivity index (χ2v) is 6.21. The Kier molecular flexibility index (Phi) is 7.40. The molecule has 7 nitrogen and oxygen atoms in total. The van der Waals surface area contributed by atoms with Crippen molar-refractivity contribution in [2.24, 2.45) is 5.92 Å². The number of benzene rings is 1. The van der Waals surface area contributed by atoms with E-state index < -0.39 is 6.03 Å². The first-order valence-electron chi connectivity index (χ1n) is 8.74. The number of likely N-dealkylation sites (tertiary alicyclic amines) is 1. The Morgan fingerprint density at radius 2 is 1.80 bits per heavy atom. The van der Waals surface area contributed by atoms with Gasteiger partial charge in [0, 0.05) is 18.2 Å². The fourth-order valence-corrected chi connectivity index (χ4v) is 2.77. The Morgan fingerprint density at radius 1 is 1.12 bits per heavy atom. The molecule has 0 atom stereocenters. The molecule has 0 bridgehead atoms. The highest BCUT2D eigenvalue weighted by Crippen LogP contribution is 2.19. The third kappa shape index (κ3) is 6.54. The predicted octanol–water partition coefficient (Wildman–Crippen LogP) is 1.57. The first kappa shape index (κ1) is 18.9. The first-order chi connectivity index (χ1) is 12.1. The van der Waals surface area contributed by atoms with E-state index in [1.807, 2.05) is 42.2 Å². The number of hydrogen-bond acceptors (Lipinski definition) is 4. The molecule has 3 N–H and O–H groups in total. The fraction of sp³-hybridized carbons (Fsp3) is 0.500. The molecule has 0 saturated carbocycles. The third-order valence-corrected chi connectivity index (χ3v) is 4.16. The molecule has 1 fully saturated rings. The summed E-state index contributed by atoms with van der Waals surface area (Å²) in [5.74, 6) is -0.345. The summed E-state index contributed by atoms with van der Waals surface area (Å²) in [7, 11) is 0. The van der Waals surface area contributed by atoms with Crippen LogP contribution in [-0.4, -0.2) is 48.9 Å². The number of anilines is 1. The Balaban J connectivity index is 1.69. The summed E-state index contributed by atoms with van der Waals surface area (Å²) < 4.78 is 0. The lowest BCUT2D eigenvalue weighted by atomic mass is 9.96. The predicted molar refractivity (Wildman–Crippen MR) is 96.1 cm³/mol. The van der Waals surface area contributed by atoms with Crippen molar-refractivity contribution in [1.82, 2.24) is 15.5 Å². The van der Waals surface area contributed by atoms with Gasteiger partial charge in [-0.2, -0.15) is 0 Å². The molecule has 1 saturated heterocycles. The SMILES string of the molecule is CCCNC(=O)NC(=O)CN1CCC(C(=O)Nc2ccccc2)CC1. The van der Waals surface area contributed by atoms with Gasteiger partial charge in [-0.15, -0.1) is 0 Å². The van der Waals surface area contributed by atoms with Crippen LogP contribution in [0, 0.1) is 5.92 Å². The van der Waals surface area contributed by atoms with Crippen LogP contribution in [0.5, 0.6) is 0 Å². The third-order valence-electron chi connectivity index (χ3n) is 4.16. The van der Waals surface area contributed by atoms with Crippen LogP contribution in [-0.2, 0) is 9.59 Å². The Labute approximate surface area is 148 Å². The molecule has 1 aromatic rings. The molecule has 2 rings (SSSR count). The smallest absolute Gasteiger partial charge is 0.321 e. The van der Waals surface area contributed by atoms with Gasteiger partial charge in [-0.1, -0.05) is 25.1 Å². The van der Waals surface area contributed by atoms with E-state index in [0.717, 1.165) is 12.1 Å². The standard InChI is InChI=1S/C18H26N4O3/c1-2-10-19-18(25)21-16(23)13-22-11-8-14(9-12-22)17(24)20-15-6-4-3-5-7-15/h3-7,14H,2,8-13H2,1H3,(H,20,24)(H2,19,21,23,25). The summed E-state index contributed by atoms with van der Waals surface area (Å²) in [4.78, 5) is 37.6. The second-order valence-electron chi connectivity index (χ2n) is 6.21. The van der Waals surface area contributed by atoms with Gasteiger partial charge < -0.3 is 10.6 Å². The van der Waals surface area contributed by atoms with E-state index in [1.165, 1.54) is 0 Å². The number of carbonyl (C=O) groups is 3. The zero-order valence-corrected chi connectivity index (χ0v) is 14.6. The highest BCUT2D eigenvalue weighted by Gasteiger charge is 2.26. The quantitative estimate of drug-likeness (QED) is 0.729. The van der Waals surface area contributed by atoms with Crippen molar-refractivity contribution in [3.8, 4) is 0 Å². The molecule has 0 radical (unpaired) electrons. The number of urea groups is 1. The van der Waals surface area contributed by atoms with Gasteiger partial charge in [-0.3, -0.25) is 19.8 Å². The second kappa shape index (κ2) is 9.78. The molecule has 0 aliphatic carbocycles. The topological polar surface area (TPSA) is 90.5 Å². The minimum absolute atomic E-state index is 0.0224. The van der Waals surface area contributed by atoms with Crippen LogP contribution < -0.4 is 16.0 Å². The largest absolute Gasteiger partial charge is 0.338 e. The van der Waals surface area contributed by atoms with Gasteiger partial charge in [0.15, 0.2) is 0 Å². The average molecular weight is 346 g/mol. The molecule has 1 aromatic carbocycles. The Hall–Kier alpha value is -2.41. The van der Waals surface area contributed by atoms with E-state index in [9.17, 15) is 14.4 Å². The van der Waals surface area contributed by atoms with Crippen LogP contribution in [0.2, 0.25) is 0 Å². The minimum atomic E-state index is -0.455. The van der Waals surface area contributed by atoms with E-state index in [-0.39, 0.29) is 24.3 Å². The van der Waals surface area contributed by atoms with Crippen LogP contribution in [0.25, 0.3) is 0 Å². The van der Waals surface area contributed by atoms with Gasteiger partial charge in [0.1, 0.15) is 0 Å². The number of hydrogen-bond donors (Lipinski definition) is 3. The molecule has 136 valence electrons. The number of piperidine rings is 1. The van der Waals surface area contributed by atoms with Crippen LogP contribution in [0.3, 0.4) is 0 Å². The Bertz CT molecular complexity index is 583. The molecule has 1 aliphatic rings. The molecule has 25 heavy (non-hydrogen) atoms. The lowest BCUT2D eigenvalue weighted by Gasteiger charge is -2.30. The van der Waals surface area contributed by atoms with Crippen molar-refractivity contribution in [3.05, 3.63) is 30.3 Å². The van der Waals surface area contributed by atoms with Gasteiger partial charge in [0.05, 0.1) is 6.54 Å². The van der Waals surface area contributed by atoms with Gasteiger partial charge in [-0.25, -0.2) is 4.79 Å². The molecule has 7 heteroatoms. The number of para-hydroxylation sites is 1. The molecule has 4 amide bonds. The summed E-state index contributed by atoms with van der Waals surface area (Å²) >= 11 is 0. The number of rotatable bonds is 6. The zero-order valence-electron chi connectivity index (χ0n) is 14.6. The molecule has 1 heterocycles. The lowest BCUT2D eigenvalue weighted by molar-refractivity contribution is -0.122. The van der Waals surface area contributed by atoms with Crippen molar-refractivity contribution in [3.63, 3.8) is 0 Å². The van der Waals surface area contributed by atoms with E-state index in [2.05, 4.69) is 16.0 Å². The molecular weight excluding hydrogens is 320 g/mol.